The summed E-state index contributed by atoms with van der Waals surface area (Å²) in [6.07, 6.45) is -3.88. The minimum absolute atomic E-state index is 0.000747. The summed E-state index contributed by atoms with van der Waals surface area (Å²) in [6, 6.07) is 4.00. The SMILES string of the molecule is CN=C(NCCCOC)NCc1ccc(OC(C)C)cc1C(F)(F)F. The van der Waals surface area contributed by atoms with E-state index in [0.717, 1.165) is 12.5 Å². The van der Waals surface area contributed by atoms with Crippen LogP contribution in [0.1, 0.15) is 31.4 Å². The Morgan fingerprint density at radius 3 is 2.52 bits per heavy atom. The van der Waals surface area contributed by atoms with Crippen LogP contribution in [-0.2, 0) is 17.5 Å². The number of methoxy groups -OCH3 is 1. The highest BCUT2D eigenvalue weighted by atomic mass is 19.4. The van der Waals surface area contributed by atoms with Crippen LogP contribution in [0.2, 0.25) is 0 Å². The quantitative estimate of drug-likeness (QED) is 0.424. The first-order chi connectivity index (χ1) is 11.8. The lowest BCUT2D eigenvalue weighted by molar-refractivity contribution is -0.138. The maximum absolute atomic E-state index is 13.3. The number of rotatable bonds is 8. The molecule has 0 atom stereocenters. The highest BCUT2D eigenvalue weighted by molar-refractivity contribution is 5.79. The van der Waals surface area contributed by atoms with E-state index < -0.39 is 11.7 Å². The number of aliphatic imine (C=N–C) groups is 1. The first-order valence-electron chi connectivity index (χ1n) is 8.08. The van der Waals surface area contributed by atoms with Crippen LogP contribution in [0.25, 0.3) is 0 Å². The molecule has 0 amide bonds. The Morgan fingerprint density at radius 2 is 1.96 bits per heavy atom. The zero-order valence-corrected chi connectivity index (χ0v) is 15.0. The van der Waals surface area contributed by atoms with Crippen molar-refractivity contribution in [3.05, 3.63) is 29.3 Å². The second kappa shape index (κ2) is 10.1. The third kappa shape index (κ3) is 7.64. The standard InChI is InChI=1S/C17H26F3N3O2/c1-12(2)25-14-7-6-13(15(10-14)17(18,19)20)11-23-16(21-3)22-8-5-9-24-4/h6-7,10,12H,5,8-9,11H2,1-4H3,(H2,21,22,23). The van der Waals surface area contributed by atoms with E-state index >= 15 is 0 Å². The van der Waals surface area contributed by atoms with Gasteiger partial charge in [-0.25, -0.2) is 0 Å². The number of hydrogen-bond acceptors (Lipinski definition) is 3. The Balaban J connectivity index is 2.79. The molecule has 0 aliphatic rings. The predicted molar refractivity (Wildman–Crippen MR) is 91.9 cm³/mol. The van der Waals surface area contributed by atoms with E-state index in [9.17, 15) is 13.2 Å². The van der Waals surface area contributed by atoms with Crippen LogP contribution < -0.4 is 15.4 Å². The van der Waals surface area contributed by atoms with E-state index in [-0.39, 0.29) is 24.0 Å². The highest BCUT2D eigenvalue weighted by Crippen LogP contribution is 2.34. The minimum Gasteiger partial charge on any atom is -0.491 e. The average molecular weight is 361 g/mol. The molecule has 0 spiro atoms. The molecular weight excluding hydrogens is 335 g/mol. The van der Waals surface area contributed by atoms with Gasteiger partial charge in [0.1, 0.15) is 5.75 Å². The summed E-state index contributed by atoms with van der Waals surface area (Å²) in [5, 5.41) is 5.92. The summed E-state index contributed by atoms with van der Waals surface area (Å²) < 4.78 is 50.3. The fraction of sp³-hybridized carbons (Fsp3) is 0.588. The number of ether oxygens (including phenoxy) is 2. The Hall–Kier alpha value is -1.96. The van der Waals surface area contributed by atoms with Crippen LogP contribution in [-0.4, -0.2) is 39.4 Å². The second-order valence-corrected chi connectivity index (χ2v) is 5.68. The van der Waals surface area contributed by atoms with E-state index in [1.165, 1.54) is 6.07 Å². The Bertz CT molecular complexity index is 561. The molecule has 2 N–H and O–H groups in total. The molecule has 142 valence electrons. The smallest absolute Gasteiger partial charge is 0.416 e. The maximum atomic E-state index is 13.3. The normalized spacial score (nSPS) is 12.4. The van der Waals surface area contributed by atoms with Crippen molar-refractivity contribution in [2.45, 2.75) is 39.1 Å². The fourth-order valence-corrected chi connectivity index (χ4v) is 2.14. The molecular formula is C17H26F3N3O2. The maximum Gasteiger partial charge on any atom is 0.416 e. The van der Waals surface area contributed by atoms with Gasteiger partial charge in [-0.15, -0.1) is 0 Å². The van der Waals surface area contributed by atoms with E-state index in [4.69, 9.17) is 9.47 Å². The van der Waals surface area contributed by atoms with Crippen LogP contribution in [0.3, 0.4) is 0 Å². The van der Waals surface area contributed by atoms with Crippen molar-refractivity contribution in [1.82, 2.24) is 10.6 Å². The van der Waals surface area contributed by atoms with Crippen LogP contribution in [0.15, 0.2) is 23.2 Å². The number of benzene rings is 1. The van der Waals surface area contributed by atoms with Gasteiger partial charge in [0, 0.05) is 33.9 Å². The van der Waals surface area contributed by atoms with Crippen LogP contribution in [0.4, 0.5) is 13.2 Å². The number of nitrogens with one attached hydrogen (secondary N) is 2. The molecule has 0 radical (unpaired) electrons. The highest BCUT2D eigenvalue weighted by Gasteiger charge is 2.33. The number of guanidine groups is 1. The van der Waals surface area contributed by atoms with Gasteiger partial charge >= 0.3 is 6.18 Å². The number of nitrogens with zero attached hydrogens (tertiary/aromatic N) is 1. The summed E-state index contributed by atoms with van der Waals surface area (Å²) >= 11 is 0. The molecule has 5 nitrogen and oxygen atoms in total. The van der Waals surface area contributed by atoms with E-state index in [2.05, 4.69) is 15.6 Å². The molecule has 25 heavy (non-hydrogen) atoms. The summed E-state index contributed by atoms with van der Waals surface area (Å²) in [5.74, 6) is 0.639. The number of alkyl halides is 3. The third-order valence-corrected chi connectivity index (χ3v) is 3.25. The zero-order chi connectivity index (χ0) is 18.9. The molecule has 0 saturated heterocycles. The number of halogens is 3. The first kappa shape index (κ1) is 21.1. The van der Waals surface area contributed by atoms with E-state index in [1.807, 2.05) is 0 Å². The van der Waals surface area contributed by atoms with Crippen molar-refractivity contribution >= 4 is 5.96 Å². The van der Waals surface area contributed by atoms with Gasteiger partial charge in [0.2, 0.25) is 0 Å². The summed E-state index contributed by atoms with van der Waals surface area (Å²) in [6.45, 7) is 4.74. The van der Waals surface area contributed by atoms with Crippen molar-refractivity contribution in [3.8, 4) is 5.75 Å². The van der Waals surface area contributed by atoms with Gasteiger partial charge < -0.3 is 20.1 Å². The summed E-state index contributed by atoms with van der Waals surface area (Å²) in [4.78, 5) is 4.00. The van der Waals surface area contributed by atoms with Crippen LogP contribution >= 0.6 is 0 Å². The van der Waals surface area contributed by atoms with Gasteiger partial charge in [-0.05, 0) is 38.0 Å². The lowest BCUT2D eigenvalue weighted by Gasteiger charge is -2.18. The first-order valence-corrected chi connectivity index (χ1v) is 8.08. The van der Waals surface area contributed by atoms with Gasteiger partial charge in [0.05, 0.1) is 11.7 Å². The topological polar surface area (TPSA) is 54.9 Å². The van der Waals surface area contributed by atoms with Gasteiger partial charge in [0.25, 0.3) is 0 Å². The largest absolute Gasteiger partial charge is 0.491 e. The lowest BCUT2D eigenvalue weighted by atomic mass is 10.1. The molecule has 0 aliphatic carbocycles. The molecule has 1 aromatic rings. The summed E-state index contributed by atoms with van der Waals surface area (Å²) in [7, 11) is 3.17. The molecule has 0 bridgehead atoms. The van der Waals surface area contributed by atoms with Crippen molar-refractivity contribution in [2.24, 2.45) is 4.99 Å². The molecule has 1 aromatic carbocycles. The van der Waals surface area contributed by atoms with Crippen molar-refractivity contribution in [3.63, 3.8) is 0 Å². The molecule has 0 unspecified atom stereocenters. The van der Waals surface area contributed by atoms with E-state index in [0.29, 0.717) is 19.1 Å². The monoisotopic (exact) mass is 361 g/mol. The molecule has 0 aliphatic heterocycles. The Labute approximate surface area is 146 Å². The van der Waals surface area contributed by atoms with E-state index in [1.54, 1.807) is 34.1 Å². The van der Waals surface area contributed by atoms with Crippen molar-refractivity contribution in [2.75, 3.05) is 27.3 Å². The molecule has 0 heterocycles. The Morgan fingerprint density at radius 1 is 1.24 bits per heavy atom. The van der Waals surface area contributed by atoms with Gasteiger partial charge in [-0.2, -0.15) is 13.2 Å². The van der Waals surface area contributed by atoms with Gasteiger partial charge in [-0.3, -0.25) is 4.99 Å². The second-order valence-electron chi connectivity index (χ2n) is 5.68. The Kier molecular flexibility index (Phi) is 8.54. The molecule has 0 fully saturated rings. The van der Waals surface area contributed by atoms with Gasteiger partial charge in [0.15, 0.2) is 5.96 Å². The molecule has 8 heteroatoms. The van der Waals surface area contributed by atoms with Crippen molar-refractivity contribution < 1.29 is 22.6 Å². The summed E-state index contributed by atoms with van der Waals surface area (Å²) in [5.41, 5.74) is -0.587. The fourth-order valence-electron chi connectivity index (χ4n) is 2.14. The molecule has 0 aromatic heterocycles. The van der Waals surface area contributed by atoms with Crippen molar-refractivity contribution in [1.29, 1.82) is 0 Å². The zero-order valence-electron chi connectivity index (χ0n) is 15.0. The average Bonchev–Trinajstić information content (AvgIpc) is 2.53. The van der Waals surface area contributed by atoms with Crippen LogP contribution in [0.5, 0.6) is 5.75 Å². The molecule has 0 saturated carbocycles. The predicted octanol–water partition coefficient (Wildman–Crippen LogP) is 3.19. The lowest BCUT2D eigenvalue weighted by Crippen LogP contribution is -2.38. The number of hydrogen-bond donors (Lipinski definition) is 2. The van der Waals surface area contributed by atoms with Gasteiger partial charge in [-0.1, -0.05) is 6.07 Å². The third-order valence-electron chi connectivity index (χ3n) is 3.25. The minimum atomic E-state index is -4.46. The molecule has 1 rings (SSSR count). The van der Waals surface area contributed by atoms with Crippen LogP contribution in [0, 0.1) is 0 Å².